The number of hydrogen-bond acceptors (Lipinski definition) is 2. The van der Waals surface area contributed by atoms with Gasteiger partial charge in [-0.25, -0.2) is 0 Å². The number of benzene rings is 2. The Morgan fingerprint density at radius 2 is 1.61 bits per heavy atom. The van der Waals surface area contributed by atoms with E-state index in [-0.39, 0.29) is 5.91 Å². The van der Waals surface area contributed by atoms with Crippen molar-refractivity contribution in [3.05, 3.63) is 65.2 Å². The lowest BCUT2D eigenvalue weighted by Gasteiger charge is -2.25. The smallest absolute Gasteiger partial charge is 0.256 e. The van der Waals surface area contributed by atoms with Crippen LogP contribution in [0.3, 0.4) is 0 Å². The molecule has 0 radical (unpaired) electrons. The number of rotatable bonds is 0. The molecule has 0 aromatic heterocycles. The van der Waals surface area contributed by atoms with Gasteiger partial charge in [0.1, 0.15) is 5.60 Å². The van der Waals surface area contributed by atoms with E-state index in [9.17, 15) is 9.90 Å². The van der Waals surface area contributed by atoms with Crippen LogP contribution in [0.15, 0.2) is 48.5 Å². The summed E-state index contributed by atoms with van der Waals surface area (Å²) in [4.78, 5) is 12.1. The molecule has 0 saturated carbocycles. The van der Waals surface area contributed by atoms with Gasteiger partial charge in [-0.15, -0.1) is 0 Å². The van der Waals surface area contributed by atoms with E-state index in [0.717, 1.165) is 0 Å². The lowest BCUT2D eigenvalue weighted by Crippen LogP contribution is -2.23. The average Bonchev–Trinajstić information content (AvgIpc) is 2.46. The number of hydrogen-bond donors (Lipinski definition) is 2. The Kier molecular flexibility index (Phi) is 2.25. The van der Waals surface area contributed by atoms with Crippen LogP contribution in [-0.2, 0) is 5.60 Å². The van der Waals surface area contributed by atoms with Crippen LogP contribution >= 0.6 is 0 Å². The van der Waals surface area contributed by atoms with Crippen LogP contribution in [0.1, 0.15) is 28.4 Å². The highest BCUT2D eigenvalue weighted by Crippen LogP contribution is 2.38. The van der Waals surface area contributed by atoms with Gasteiger partial charge < -0.3 is 10.4 Å². The molecule has 3 heteroatoms. The van der Waals surface area contributed by atoms with E-state index in [1.165, 1.54) is 0 Å². The van der Waals surface area contributed by atoms with Crippen molar-refractivity contribution in [3.63, 3.8) is 0 Å². The van der Waals surface area contributed by atoms with Crippen LogP contribution in [0.2, 0.25) is 0 Å². The number of nitrogens with one attached hydrogen (secondary N) is 1. The first-order chi connectivity index (χ1) is 8.60. The van der Waals surface area contributed by atoms with Gasteiger partial charge in [-0.3, -0.25) is 4.79 Å². The summed E-state index contributed by atoms with van der Waals surface area (Å²) in [5.74, 6) is -0.184. The minimum atomic E-state index is -1.17. The predicted molar refractivity (Wildman–Crippen MR) is 69.5 cm³/mol. The third-order valence-electron chi connectivity index (χ3n) is 3.40. The van der Waals surface area contributed by atoms with Gasteiger partial charge in [-0.05, 0) is 19.1 Å². The van der Waals surface area contributed by atoms with Crippen molar-refractivity contribution in [3.8, 4) is 0 Å². The van der Waals surface area contributed by atoms with Gasteiger partial charge in [-0.2, -0.15) is 0 Å². The van der Waals surface area contributed by atoms with Gasteiger partial charge in [0.05, 0.1) is 0 Å². The molecule has 1 unspecified atom stereocenters. The van der Waals surface area contributed by atoms with Gasteiger partial charge in [0.2, 0.25) is 0 Å². The van der Waals surface area contributed by atoms with Crippen molar-refractivity contribution in [1.82, 2.24) is 0 Å². The summed E-state index contributed by atoms with van der Waals surface area (Å²) in [5.41, 5.74) is 1.34. The summed E-state index contributed by atoms with van der Waals surface area (Å²) in [6.07, 6.45) is 0. The molecule has 0 spiro atoms. The maximum Gasteiger partial charge on any atom is 0.256 e. The summed E-state index contributed by atoms with van der Waals surface area (Å²) >= 11 is 0. The largest absolute Gasteiger partial charge is 0.381 e. The highest BCUT2D eigenvalue weighted by Gasteiger charge is 2.34. The first-order valence-corrected chi connectivity index (χ1v) is 5.83. The molecule has 1 aliphatic rings. The third-order valence-corrected chi connectivity index (χ3v) is 3.40. The molecule has 0 fully saturated rings. The van der Waals surface area contributed by atoms with E-state index in [1.807, 2.05) is 24.3 Å². The number of anilines is 1. The second kappa shape index (κ2) is 3.68. The molecule has 1 aliphatic heterocycles. The molecule has 0 saturated heterocycles. The molecule has 3 rings (SSSR count). The van der Waals surface area contributed by atoms with Crippen LogP contribution in [0.4, 0.5) is 5.69 Å². The molecule has 2 aromatic carbocycles. The normalized spacial score (nSPS) is 21.6. The number of carbonyl (C=O) groups is 1. The zero-order chi connectivity index (χ0) is 12.8. The molecular weight excluding hydrogens is 226 g/mol. The Labute approximate surface area is 105 Å². The van der Waals surface area contributed by atoms with E-state index in [2.05, 4.69) is 5.32 Å². The highest BCUT2D eigenvalue weighted by molar-refractivity contribution is 6.07. The summed E-state index contributed by atoms with van der Waals surface area (Å²) in [6, 6.07) is 14.5. The standard InChI is InChI=1S/C15H13NO2/c1-15(18)11-7-3-2-6-10(11)14(17)16-13-9-5-4-8-12(13)15/h2-9,18H,1H3,(H,16,17). The second-order valence-corrected chi connectivity index (χ2v) is 4.62. The van der Waals surface area contributed by atoms with E-state index in [0.29, 0.717) is 22.4 Å². The molecule has 3 nitrogen and oxygen atoms in total. The zero-order valence-electron chi connectivity index (χ0n) is 9.97. The minimum absolute atomic E-state index is 0.184. The minimum Gasteiger partial charge on any atom is -0.381 e. The third kappa shape index (κ3) is 1.45. The Bertz CT molecular complexity index is 632. The van der Waals surface area contributed by atoms with Crippen LogP contribution in [-0.4, -0.2) is 11.0 Å². The van der Waals surface area contributed by atoms with Gasteiger partial charge in [0, 0.05) is 22.4 Å². The Balaban J connectivity index is 2.34. The van der Waals surface area contributed by atoms with Crippen molar-refractivity contribution < 1.29 is 9.90 Å². The van der Waals surface area contributed by atoms with Crippen LogP contribution in [0, 0.1) is 0 Å². The fourth-order valence-electron chi connectivity index (χ4n) is 2.46. The SMILES string of the molecule is CC1(O)c2ccccc2NC(=O)c2ccccc21. The van der Waals surface area contributed by atoms with E-state index in [1.54, 1.807) is 31.2 Å². The maximum absolute atomic E-state index is 12.1. The number of para-hydroxylation sites is 1. The van der Waals surface area contributed by atoms with Crippen LogP contribution in [0.5, 0.6) is 0 Å². The average molecular weight is 239 g/mol. The summed E-state index contributed by atoms with van der Waals surface area (Å²) in [6.45, 7) is 1.71. The molecule has 1 heterocycles. The fraction of sp³-hybridized carbons (Fsp3) is 0.133. The summed E-state index contributed by atoms with van der Waals surface area (Å²) in [5, 5.41) is 13.6. The number of fused-ring (bicyclic) bond motifs is 2. The molecule has 1 atom stereocenters. The van der Waals surface area contributed by atoms with Crippen molar-refractivity contribution >= 4 is 11.6 Å². The topological polar surface area (TPSA) is 49.3 Å². The van der Waals surface area contributed by atoms with Crippen molar-refractivity contribution in [2.45, 2.75) is 12.5 Å². The highest BCUT2D eigenvalue weighted by atomic mass is 16.3. The van der Waals surface area contributed by atoms with Gasteiger partial charge >= 0.3 is 0 Å². The first-order valence-electron chi connectivity index (χ1n) is 5.83. The van der Waals surface area contributed by atoms with E-state index in [4.69, 9.17) is 0 Å². The molecule has 0 bridgehead atoms. The molecule has 0 aliphatic carbocycles. The van der Waals surface area contributed by atoms with Crippen molar-refractivity contribution in [1.29, 1.82) is 0 Å². The quantitative estimate of drug-likeness (QED) is 0.742. The second-order valence-electron chi connectivity index (χ2n) is 4.62. The lowest BCUT2D eigenvalue weighted by atomic mass is 9.85. The predicted octanol–water partition coefficient (Wildman–Crippen LogP) is 2.51. The first kappa shape index (κ1) is 11.0. The number of amides is 1. The van der Waals surface area contributed by atoms with Gasteiger partial charge in [-0.1, -0.05) is 36.4 Å². The molecule has 2 N–H and O–H groups in total. The Morgan fingerprint density at radius 1 is 1.00 bits per heavy atom. The molecular formula is C15H13NO2. The molecule has 1 amide bonds. The van der Waals surface area contributed by atoms with E-state index >= 15 is 0 Å². The van der Waals surface area contributed by atoms with Crippen LogP contribution < -0.4 is 5.32 Å². The summed E-state index contributed by atoms with van der Waals surface area (Å²) < 4.78 is 0. The number of carbonyl (C=O) groups excluding carboxylic acids is 1. The molecule has 18 heavy (non-hydrogen) atoms. The van der Waals surface area contributed by atoms with Gasteiger partial charge in [0.15, 0.2) is 0 Å². The Morgan fingerprint density at radius 3 is 2.39 bits per heavy atom. The van der Waals surface area contributed by atoms with Gasteiger partial charge in [0.25, 0.3) is 5.91 Å². The Hall–Kier alpha value is -2.13. The fourth-order valence-corrected chi connectivity index (χ4v) is 2.46. The zero-order valence-corrected chi connectivity index (χ0v) is 9.97. The van der Waals surface area contributed by atoms with Crippen molar-refractivity contribution in [2.24, 2.45) is 0 Å². The summed E-state index contributed by atoms with van der Waals surface area (Å²) in [7, 11) is 0. The molecule has 90 valence electrons. The van der Waals surface area contributed by atoms with Crippen LogP contribution in [0.25, 0.3) is 0 Å². The molecule has 2 aromatic rings. The number of aliphatic hydroxyl groups is 1. The van der Waals surface area contributed by atoms with Crippen molar-refractivity contribution in [2.75, 3.05) is 5.32 Å². The lowest BCUT2D eigenvalue weighted by molar-refractivity contribution is 0.0968. The monoisotopic (exact) mass is 239 g/mol. The van der Waals surface area contributed by atoms with E-state index < -0.39 is 5.60 Å². The maximum atomic E-state index is 12.1.